The number of hydrogen-bond acceptors (Lipinski definition) is 7. The van der Waals surface area contributed by atoms with Crippen LogP contribution in [0.15, 0.2) is 41.7 Å². The van der Waals surface area contributed by atoms with Gasteiger partial charge < -0.3 is 15.4 Å². The zero-order valence-electron chi connectivity index (χ0n) is 18.1. The van der Waals surface area contributed by atoms with Crippen molar-refractivity contribution < 1.29 is 9.53 Å². The van der Waals surface area contributed by atoms with E-state index in [0.29, 0.717) is 32.7 Å². The Morgan fingerprint density at radius 3 is 2.81 bits per heavy atom. The summed E-state index contributed by atoms with van der Waals surface area (Å²) in [5, 5.41) is 12.4. The van der Waals surface area contributed by atoms with Crippen molar-refractivity contribution in [2.24, 2.45) is 0 Å². The number of amides is 1. The largest absolute Gasteiger partial charge is 0.383 e. The normalized spacial score (nSPS) is 11.0. The van der Waals surface area contributed by atoms with Gasteiger partial charge in [0.15, 0.2) is 10.8 Å². The summed E-state index contributed by atoms with van der Waals surface area (Å²) in [5.41, 5.74) is 1.94. The van der Waals surface area contributed by atoms with Crippen molar-refractivity contribution in [2.45, 2.75) is 37.9 Å². The Kier molecular flexibility index (Phi) is 9.11. The first-order chi connectivity index (χ1) is 15.2. The van der Waals surface area contributed by atoms with Crippen LogP contribution in [0.25, 0.3) is 11.0 Å². The Hall–Kier alpha value is -2.65. The molecule has 0 aliphatic heterocycles. The number of aromatic nitrogens is 4. The molecule has 8 nitrogen and oxygen atoms in total. The first-order valence-corrected chi connectivity index (χ1v) is 11.6. The lowest BCUT2D eigenvalue weighted by molar-refractivity contribution is -0.121. The second-order valence-corrected chi connectivity index (χ2v) is 8.13. The molecule has 2 N–H and O–H groups in total. The number of ether oxygens (including phenoxy) is 1. The molecule has 3 rings (SSSR count). The third kappa shape index (κ3) is 6.93. The van der Waals surface area contributed by atoms with Crippen LogP contribution >= 0.6 is 11.8 Å². The molecule has 166 valence electrons. The van der Waals surface area contributed by atoms with Gasteiger partial charge in [0.2, 0.25) is 5.91 Å². The summed E-state index contributed by atoms with van der Waals surface area (Å²) >= 11 is 1.63. The van der Waals surface area contributed by atoms with E-state index < -0.39 is 0 Å². The molecule has 0 saturated carbocycles. The molecular weight excluding hydrogens is 412 g/mol. The number of aryl methyl sites for hydroxylation is 1. The minimum Gasteiger partial charge on any atom is -0.383 e. The molecule has 0 fully saturated rings. The molecule has 0 spiro atoms. The fourth-order valence-corrected chi connectivity index (χ4v) is 3.75. The zero-order chi connectivity index (χ0) is 21.9. The van der Waals surface area contributed by atoms with Crippen LogP contribution in [0, 0.1) is 0 Å². The fourth-order valence-electron chi connectivity index (χ4n) is 3.06. The number of fused-ring (bicyclic) bond motifs is 1. The lowest BCUT2D eigenvalue weighted by atomic mass is 10.1. The SMILES string of the molecule is CCCSc1nc(NCCOC)c2cnn(CCNC(=O)CCc3ccccc3)c2n1. The fraction of sp³-hybridized carbons (Fsp3) is 0.455. The summed E-state index contributed by atoms with van der Waals surface area (Å²) in [6, 6.07) is 10.0. The summed E-state index contributed by atoms with van der Waals surface area (Å²) in [6.45, 7) is 4.43. The minimum absolute atomic E-state index is 0.0380. The van der Waals surface area contributed by atoms with E-state index in [2.05, 4.69) is 27.6 Å². The molecule has 2 heterocycles. The van der Waals surface area contributed by atoms with Crippen LogP contribution in [0.5, 0.6) is 0 Å². The number of rotatable bonds is 13. The van der Waals surface area contributed by atoms with E-state index in [1.165, 1.54) is 0 Å². The van der Waals surface area contributed by atoms with Crippen molar-refractivity contribution in [3.8, 4) is 0 Å². The molecule has 0 saturated heterocycles. The highest BCUT2D eigenvalue weighted by Gasteiger charge is 2.13. The first-order valence-electron chi connectivity index (χ1n) is 10.6. The topological polar surface area (TPSA) is 94.0 Å². The minimum atomic E-state index is 0.0380. The molecule has 0 bridgehead atoms. The average Bonchev–Trinajstić information content (AvgIpc) is 3.20. The van der Waals surface area contributed by atoms with Gasteiger partial charge in [-0.15, -0.1) is 0 Å². The molecule has 2 aromatic heterocycles. The van der Waals surface area contributed by atoms with Crippen LogP contribution in [0.3, 0.4) is 0 Å². The third-order valence-corrected chi connectivity index (χ3v) is 5.69. The summed E-state index contributed by atoms with van der Waals surface area (Å²) in [6.07, 6.45) is 4.03. The summed E-state index contributed by atoms with van der Waals surface area (Å²) in [5.74, 6) is 1.75. The predicted octanol–water partition coefficient (Wildman–Crippen LogP) is 3.14. The average molecular weight is 443 g/mol. The van der Waals surface area contributed by atoms with Crippen LogP contribution in [0.2, 0.25) is 0 Å². The van der Waals surface area contributed by atoms with Crippen molar-refractivity contribution in [3.63, 3.8) is 0 Å². The van der Waals surface area contributed by atoms with Gasteiger partial charge in [0.1, 0.15) is 5.82 Å². The van der Waals surface area contributed by atoms with Crippen LogP contribution in [0.4, 0.5) is 5.82 Å². The number of carbonyl (C=O) groups is 1. The van der Waals surface area contributed by atoms with Crippen LogP contribution in [0.1, 0.15) is 25.3 Å². The zero-order valence-corrected chi connectivity index (χ0v) is 19.0. The Morgan fingerprint density at radius 2 is 2.03 bits per heavy atom. The van der Waals surface area contributed by atoms with E-state index in [9.17, 15) is 4.79 Å². The van der Waals surface area contributed by atoms with E-state index in [4.69, 9.17) is 9.72 Å². The van der Waals surface area contributed by atoms with E-state index >= 15 is 0 Å². The quantitative estimate of drug-likeness (QED) is 0.239. The second-order valence-electron chi connectivity index (χ2n) is 7.06. The molecule has 1 amide bonds. The Morgan fingerprint density at radius 1 is 1.19 bits per heavy atom. The number of hydrogen-bond donors (Lipinski definition) is 2. The molecule has 0 radical (unpaired) electrons. The van der Waals surface area contributed by atoms with Gasteiger partial charge >= 0.3 is 0 Å². The number of benzene rings is 1. The van der Waals surface area contributed by atoms with Crippen molar-refractivity contribution >= 4 is 34.5 Å². The molecule has 0 atom stereocenters. The van der Waals surface area contributed by atoms with Gasteiger partial charge in [0, 0.05) is 32.4 Å². The third-order valence-electron chi connectivity index (χ3n) is 4.64. The Balaban J connectivity index is 1.61. The van der Waals surface area contributed by atoms with Gasteiger partial charge in [-0.3, -0.25) is 4.79 Å². The van der Waals surface area contributed by atoms with Gasteiger partial charge in [-0.05, 0) is 18.4 Å². The van der Waals surface area contributed by atoms with Crippen molar-refractivity contribution in [3.05, 3.63) is 42.1 Å². The summed E-state index contributed by atoms with van der Waals surface area (Å²) in [7, 11) is 1.67. The van der Waals surface area contributed by atoms with Crippen LogP contribution in [-0.4, -0.2) is 58.2 Å². The number of nitrogens with zero attached hydrogens (tertiary/aromatic N) is 4. The van der Waals surface area contributed by atoms with Crippen LogP contribution < -0.4 is 10.6 Å². The highest BCUT2D eigenvalue weighted by Crippen LogP contribution is 2.24. The van der Waals surface area contributed by atoms with Gasteiger partial charge in [0.25, 0.3) is 0 Å². The van der Waals surface area contributed by atoms with Crippen molar-refractivity contribution in [1.29, 1.82) is 0 Å². The number of nitrogens with one attached hydrogen (secondary N) is 2. The maximum atomic E-state index is 12.2. The number of carbonyl (C=O) groups excluding carboxylic acids is 1. The predicted molar refractivity (Wildman–Crippen MR) is 124 cm³/mol. The maximum Gasteiger partial charge on any atom is 0.220 e. The summed E-state index contributed by atoms with van der Waals surface area (Å²) < 4.78 is 6.95. The van der Waals surface area contributed by atoms with E-state index in [1.807, 2.05) is 35.0 Å². The summed E-state index contributed by atoms with van der Waals surface area (Å²) in [4.78, 5) is 21.5. The van der Waals surface area contributed by atoms with E-state index in [1.54, 1.807) is 25.1 Å². The molecular formula is C22H30N6O2S. The molecule has 0 aliphatic rings. The van der Waals surface area contributed by atoms with Gasteiger partial charge in [0.05, 0.1) is 24.7 Å². The molecule has 0 aliphatic carbocycles. The number of thioether (sulfide) groups is 1. The number of anilines is 1. The van der Waals surface area contributed by atoms with Gasteiger partial charge in [-0.25, -0.2) is 14.6 Å². The molecule has 1 aromatic carbocycles. The molecule has 3 aromatic rings. The lowest BCUT2D eigenvalue weighted by Crippen LogP contribution is -2.27. The number of methoxy groups -OCH3 is 1. The smallest absolute Gasteiger partial charge is 0.220 e. The van der Waals surface area contributed by atoms with Crippen molar-refractivity contribution in [2.75, 3.05) is 37.9 Å². The Bertz CT molecular complexity index is 963. The monoisotopic (exact) mass is 442 g/mol. The molecule has 31 heavy (non-hydrogen) atoms. The van der Waals surface area contributed by atoms with E-state index in [0.717, 1.165) is 46.2 Å². The first kappa shape index (κ1) is 23.0. The van der Waals surface area contributed by atoms with E-state index in [-0.39, 0.29) is 5.91 Å². The second kappa shape index (κ2) is 12.3. The van der Waals surface area contributed by atoms with Crippen molar-refractivity contribution in [1.82, 2.24) is 25.1 Å². The highest BCUT2D eigenvalue weighted by atomic mass is 32.2. The standard InChI is InChI=1S/C22H30N6O2S/c1-3-15-31-22-26-20(24-12-14-30-2)18-16-25-28(21(18)27-22)13-11-23-19(29)10-9-17-7-5-4-6-8-17/h4-8,16H,3,9-15H2,1-2H3,(H,23,29)(H,24,26,27). The van der Waals surface area contributed by atoms with Crippen LogP contribution in [-0.2, 0) is 22.5 Å². The molecule has 9 heteroatoms. The highest BCUT2D eigenvalue weighted by molar-refractivity contribution is 7.99. The Labute approximate surface area is 187 Å². The van der Waals surface area contributed by atoms with Gasteiger partial charge in [-0.2, -0.15) is 5.10 Å². The lowest BCUT2D eigenvalue weighted by Gasteiger charge is -2.10. The molecule has 0 unspecified atom stereocenters. The maximum absolute atomic E-state index is 12.2. The van der Waals surface area contributed by atoms with Gasteiger partial charge in [-0.1, -0.05) is 49.0 Å².